The number of carboxylic acid groups (broad SMARTS) is 4. The quantitative estimate of drug-likeness (QED) is 0.239. The molecule has 0 fully saturated rings. The molecule has 0 amide bonds. The number of rotatable bonds is 4. The smallest absolute Gasteiger partial charge is 0.543 e. The van der Waals surface area contributed by atoms with E-state index in [9.17, 15) is 39.6 Å². The zero-order valence-electron chi connectivity index (χ0n) is 16.1. The van der Waals surface area contributed by atoms with Crippen LogP contribution in [0.1, 0.15) is 42.0 Å². The van der Waals surface area contributed by atoms with E-state index < -0.39 is 46.7 Å². The monoisotopic (exact) mass is 587 g/mol. The van der Waals surface area contributed by atoms with Crippen LogP contribution in [-0.4, -0.2) is 44.8 Å². The molecule has 2 aromatic heterocycles. The molecular formula is C14H25Cu2N2O15+5. The van der Waals surface area contributed by atoms with Crippen LogP contribution in [0.2, 0.25) is 0 Å². The Morgan fingerprint density at radius 1 is 0.485 bits per heavy atom. The molecule has 0 spiro atoms. The van der Waals surface area contributed by atoms with Crippen LogP contribution in [0.25, 0.3) is 0 Å². The number of carboxylic acids is 4. The van der Waals surface area contributed by atoms with Crippen LogP contribution < -0.4 is 20.4 Å². The summed E-state index contributed by atoms with van der Waals surface area (Å²) in [4.78, 5) is 47.3. The minimum absolute atomic E-state index is 0. The van der Waals surface area contributed by atoms with Crippen LogP contribution in [0, 0.1) is 0 Å². The van der Waals surface area contributed by atoms with Gasteiger partial charge in [-0.25, -0.2) is 9.97 Å². The van der Waals surface area contributed by atoms with Crippen LogP contribution in [0.15, 0.2) is 36.4 Å². The Bertz CT molecular complexity index is 697. The number of aromatic nitrogens is 2. The first-order chi connectivity index (χ1) is 11.2. The van der Waals surface area contributed by atoms with Gasteiger partial charge in [-0.2, -0.15) is 0 Å². The van der Waals surface area contributed by atoms with E-state index in [0.29, 0.717) is 0 Å². The van der Waals surface area contributed by atoms with Crippen molar-refractivity contribution in [1.82, 2.24) is 9.97 Å². The molecule has 0 unspecified atom stereocenters. The Hall–Kier alpha value is -3.06. The number of hydrogen-bond acceptors (Lipinski definition) is 10. The van der Waals surface area contributed by atoms with Gasteiger partial charge in [0.05, 0.1) is 46.7 Å². The van der Waals surface area contributed by atoms with Crippen LogP contribution in [0.3, 0.4) is 0 Å². The maximum atomic E-state index is 10.2. The van der Waals surface area contributed by atoms with Crippen LogP contribution >= 0.6 is 0 Å². The van der Waals surface area contributed by atoms with Gasteiger partial charge in [0.2, 0.25) is 0 Å². The molecule has 0 saturated carbocycles. The van der Waals surface area contributed by atoms with Gasteiger partial charge in [-0.3, -0.25) is 0 Å². The maximum absolute atomic E-state index is 10.2. The number of carbonyl (C=O) groups is 4. The zero-order chi connectivity index (χ0) is 18.3. The number of carbonyl (C=O) groups excluding carboxylic acids is 4. The van der Waals surface area contributed by atoms with E-state index in [1.54, 1.807) is 0 Å². The van der Waals surface area contributed by atoms with E-state index >= 15 is 0 Å². The van der Waals surface area contributed by atoms with Gasteiger partial charge >= 0.3 is 34.1 Å². The molecule has 17 nitrogen and oxygen atoms in total. The number of pyridine rings is 2. The van der Waals surface area contributed by atoms with E-state index in [-0.39, 0.29) is 72.5 Å². The second-order valence-electron chi connectivity index (χ2n) is 3.97. The molecule has 2 aromatic rings. The van der Waals surface area contributed by atoms with Crippen molar-refractivity contribution in [2.45, 2.75) is 0 Å². The van der Waals surface area contributed by atoms with E-state index in [2.05, 4.69) is 9.97 Å². The van der Waals surface area contributed by atoms with E-state index in [4.69, 9.17) is 0 Å². The summed E-state index contributed by atoms with van der Waals surface area (Å²) in [7, 11) is 0. The first kappa shape index (κ1) is 57.2. The first-order valence-corrected chi connectivity index (χ1v) is 6.02. The molecule has 0 aliphatic carbocycles. The molecule has 198 valence electrons. The Morgan fingerprint density at radius 3 is 0.758 bits per heavy atom. The van der Waals surface area contributed by atoms with E-state index in [1.807, 2.05) is 0 Å². The average molecular weight is 588 g/mol. The molecule has 19 N–H and O–H groups in total. The molecular weight excluding hydrogens is 563 g/mol. The summed E-state index contributed by atoms with van der Waals surface area (Å²) in [5.74, 6) is -6.06. The summed E-state index contributed by atoms with van der Waals surface area (Å²) in [6.45, 7) is 0. The standard InChI is InChI=1S/2C7H5NO4.2Cu.7H2O/c2*9-6(10)4-2-1-3-5(8-4)7(11)12;;;;;;;;;/h2*1-3H,(H,9,10)(H,11,12);;;7*1H2/q;;2*+2;;;;;;;/p+1. The van der Waals surface area contributed by atoms with Gasteiger partial charge in [0.1, 0.15) is 0 Å². The third-order valence-electron chi connectivity index (χ3n) is 2.33. The average Bonchev–Trinajstić information content (AvgIpc) is 2.55. The van der Waals surface area contributed by atoms with Crippen molar-refractivity contribution in [2.24, 2.45) is 0 Å². The predicted octanol–water partition coefficient (Wildman–Crippen LogP) is -10.6. The normalized spacial score (nSPS) is 6.79. The second kappa shape index (κ2) is 27.0. The van der Waals surface area contributed by atoms with Gasteiger partial charge < -0.3 is 77.9 Å². The Balaban J connectivity index is -0.0000000392. The molecule has 2 rings (SSSR count). The molecule has 0 aliphatic rings. The number of hydrogen-bond donors (Lipinski definition) is 0. The van der Waals surface area contributed by atoms with E-state index in [1.165, 1.54) is 12.1 Å². The van der Waals surface area contributed by atoms with Gasteiger partial charge in [0.15, 0.2) is 0 Å². The zero-order valence-corrected chi connectivity index (χ0v) is 18.0. The third-order valence-corrected chi connectivity index (χ3v) is 2.33. The minimum atomic E-state index is -1.52. The molecule has 0 atom stereocenters. The number of aromatic carboxylic acids is 4. The summed E-state index contributed by atoms with van der Waals surface area (Å²) < 4.78 is 0. The fraction of sp³-hybridized carbons (Fsp3) is 0. The van der Waals surface area contributed by atoms with Gasteiger partial charge in [0.25, 0.3) is 0 Å². The van der Waals surface area contributed by atoms with Crippen LogP contribution in [0.5, 0.6) is 0 Å². The van der Waals surface area contributed by atoms with Crippen LogP contribution in [0.4, 0.5) is 0 Å². The Morgan fingerprint density at radius 2 is 0.636 bits per heavy atom. The largest absolute Gasteiger partial charge is 2.00 e. The van der Waals surface area contributed by atoms with Crippen LogP contribution in [-0.2, 0) is 61.5 Å². The second-order valence-corrected chi connectivity index (χ2v) is 3.97. The van der Waals surface area contributed by atoms with Gasteiger partial charge in [-0.15, -0.1) is 0 Å². The van der Waals surface area contributed by atoms with Gasteiger partial charge in [-0.1, -0.05) is 12.1 Å². The van der Waals surface area contributed by atoms with Crippen molar-refractivity contribution in [1.29, 1.82) is 0 Å². The van der Waals surface area contributed by atoms with Crippen molar-refractivity contribution in [3.63, 3.8) is 0 Å². The summed E-state index contributed by atoms with van der Waals surface area (Å²) in [6, 6.07) is 7.07. The Labute approximate surface area is 205 Å². The van der Waals surface area contributed by atoms with Crippen molar-refractivity contribution in [3.8, 4) is 0 Å². The Kier molecular flexibility index (Phi) is 46.7. The molecule has 0 bridgehead atoms. The SMILES string of the molecule is O.O.O=C([O-])c1cccc(C(=O)[O-])n1.O=C([O-])c1cccc(C(=O)[O-])n1.[Cu+2].[Cu+2].[OH3+].[OH3+].[OH3+].[OH3+].[OH3+]. The minimum Gasteiger partial charge on any atom is -0.543 e. The third kappa shape index (κ3) is 19.4. The summed E-state index contributed by atoms with van der Waals surface area (Å²) >= 11 is 0. The molecule has 33 heavy (non-hydrogen) atoms. The van der Waals surface area contributed by atoms with Gasteiger partial charge in [-0.05, 0) is 24.3 Å². The van der Waals surface area contributed by atoms with Crippen molar-refractivity contribution in [3.05, 3.63) is 59.2 Å². The topological polar surface area (TPSA) is 414 Å². The van der Waals surface area contributed by atoms with Gasteiger partial charge in [0, 0.05) is 0 Å². The summed E-state index contributed by atoms with van der Waals surface area (Å²) in [6.07, 6.45) is 0. The predicted molar refractivity (Wildman–Crippen MR) is 97.4 cm³/mol. The fourth-order valence-corrected chi connectivity index (χ4v) is 1.32. The first-order valence-electron chi connectivity index (χ1n) is 6.02. The van der Waals surface area contributed by atoms with Crippen molar-refractivity contribution in [2.75, 3.05) is 0 Å². The maximum Gasteiger partial charge on any atom is 2.00 e. The summed E-state index contributed by atoms with van der Waals surface area (Å²) in [5, 5.41) is 40.8. The summed E-state index contributed by atoms with van der Waals surface area (Å²) in [5.41, 5.74) is -1.68. The molecule has 2 heterocycles. The number of nitrogens with zero attached hydrogens (tertiary/aromatic N) is 2. The molecule has 19 heteroatoms. The fourth-order valence-electron chi connectivity index (χ4n) is 1.32. The van der Waals surface area contributed by atoms with E-state index in [0.717, 1.165) is 24.3 Å². The molecule has 0 aromatic carbocycles. The molecule has 2 radical (unpaired) electrons. The van der Waals surface area contributed by atoms with Crippen molar-refractivity contribution >= 4 is 23.9 Å². The molecule has 0 saturated heterocycles. The van der Waals surface area contributed by atoms with Crippen molar-refractivity contribution < 1.29 is 112 Å². The molecule has 0 aliphatic heterocycles.